The van der Waals surface area contributed by atoms with Crippen LogP contribution in [0, 0.1) is 0 Å². The largest absolute Gasteiger partial charge is 0.462 e. The third-order valence-corrected chi connectivity index (χ3v) is 5.77. The van der Waals surface area contributed by atoms with Crippen molar-refractivity contribution in [3.8, 4) is 0 Å². The Bertz CT molecular complexity index is 896. The highest BCUT2D eigenvalue weighted by Crippen LogP contribution is 2.22. The van der Waals surface area contributed by atoms with Crippen molar-refractivity contribution >= 4 is 16.0 Å². The van der Waals surface area contributed by atoms with Gasteiger partial charge in [-0.3, -0.25) is 0 Å². The van der Waals surface area contributed by atoms with Crippen LogP contribution in [0.2, 0.25) is 0 Å². The second-order valence-electron chi connectivity index (χ2n) is 6.06. The lowest BCUT2D eigenvalue weighted by atomic mass is 9.95. The first-order valence-corrected chi connectivity index (χ1v) is 10.1. The minimum atomic E-state index is -3.73. The highest BCUT2D eigenvalue weighted by Gasteiger charge is 2.22. The van der Waals surface area contributed by atoms with Crippen LogP contribution in [-0.2, 0) is 21.2 Å². The van der Waals surface area contributed by atoms with Crippen LogP contribution in [0.4, 0.5) is 0 Å². The molecule has 0 aliphatic carbocycles. The smallest absolute Gasteiger partial charge is 0.338 e. The van der Waals surface area contributed by atoms with E-state index in [-0.39, 0.29) is 29.7 Å². The minimum absolute atomic E-state index is 0.0483. The van der Waals surface area contributed by atoms with Crippen molar-refractivity contribution in [3.63, 3.8) is 0 Å². The lowest BCUT2D eigenvalue weighted by molar-refractivity contribution is 0.0526. The summed E-state index contributed by atoms with van der Waals surface area (Å²) in [5, 5.41) is 3.34. The Labute approximate surface area is 153 Å². The molecule has 1 aliphatic rings. The third-order valence-electron chi connectivity index (χ3n) is 4.35. The quantitative estimate of drug-likeness (QED) is 0.756. The molecule has 0 spiro atoms. The topological polar surface area (TPSA) is 84.5 Å². The number of esters is 1. The van der Waals surface area contributed by atoms with Gasteiger partial charge in [-0.05, 0) is 49.2 Å². The van der Waals surface area contributed by atoms with E-state index in [1.165, 1.54) is 29.8 Å². The van der Waals surface area contributed by atoms with Crippen LogP contribution in [-0.4, -0.2) is 34.1 Å². The summed E-state index contributed by atoms with van der Waals surface area (Å²) < 4.78 is 32.8. The first-order valence-electron chi connectivity index (χ1n) is 8.59. The van der Waals surface area contributed by atoms with E-state index in [0.29, 0.717) is 0 Å². The molecule has 0 radical (unpaired) electrons. The highest BCUT2D eigenvalue weighted by molar-refractivity contribution is 7.89. The first-order chi connectivity index (χ1) is 12.5. The summed E-state index contributed by atoms with van der Waals surface area (Å²) in [6.07, 6.45) is 0.932. The number of hydrogen-bond acceptors (Lipinski definition) is 5. The fourth-order valence-corrected chi connectivity index (χ4v) is 4.15. The maximum atomic E-state index is 12.6. The summed E-state index contributed by atoms with van der Waals surface area (Å²) in [4.78, 5) is 11.9. The zero-order chi connectivity index (χ0) is 18.6. The SMILES string of the molecule is CCOC(=O)c1cccc(S(=O)(=O)NCC2NCCc3ccccc32)c1. The Balaban J connectivity index is 1.74. The normalized spacial score (nSPS) is 16.7. The van der Waals surface area contributed by atoms with E-state index in [4.69, 9.17) is 4.74 Å². The number of carbonyl (C=O) groups excluding carboxylic acids is 1. The summed E-state index contributed by atoms with van der Waals surface area (Å²) in [6, 6.07) is 13.8. The number of hydrogen-bond donors (Lipinski definition) is 2. The Morgan fingerprint density at radius 1 is 1.23 bits per heavy atom. The fourth-order valence-electron chi connectivity index (χ4n) is 3.06. The fraction of sp³-hybridized carbons (Fsp3) is 0.316. The monoisotopic (exact) mass is 374 g/mol. The van der Waals surface area contributed by atoms with Gasteiger partial charge >= 0.3 is 5.97 Å². The van der Waals surface area contributed by atoms with Gasteiger partial charge in [0.15, 0.2) is 0 Å². The van der Waals surface area contributed by atoms with Crippen LogP contribution < -0.4 is 10.0 Å². The Kier molecular flexibility index (Phi) is 5.70. The number of rotatable bonds is 6. The van der Waals surface area contributed by atoms with Gasteiger partial charge in [0.25, 0.3) is 0 Å². The summed E-state index contributed by atoms with van der Waals surface area (Å²) in [5.74, 6) is -0.535. The molecule has 1 unspecified atom stereocenters. The molecule has 0 bridgehead atoms. The van der Waals surface area contributed by atoms with Crippen LogP contribution in [0.25, 0.3) is 0 Å². The molecule has 1 heterocycles. The van der Waals surface area contributed by atoms with Crippen LogP contribution in [0.3, 0.4) is 0 Å². The second kappa shape index (κ2) is 7.99. The number of sulfonamides is 1. The zero-order valence-electron chi connectivity index (χ0n) is 14.6. The van der Waals surface area contributed by atoms with E-state index < -0.39 is 16.0 Å². The molecule has 0 aromatic heterocycles. The standard InChI is InChI=1S/C19H22N2O4S/c1-2-25-19(22)15-7-5-8-16(12-15)26(23,24)21-13-18-17-9-4-3-6-14(17)10-11-20-18/h3-9,12,18,20-21H,2,10-11,13H2,1H3. The Hall–Kier alpha value is -2.22. The van der Waals surface area contributed by atoms with Crippen LogP contribution in [0.1, 0.15) is 34.5 Å². The molecule has 3 rings (SSSR count). The van der Waals surface area contributed by atoms with Crippen LogP contribution in [0.5, 0.6) is 0 Å². The molecule has 0 saturated heterocycles. The number of benzene rings is 2. The van der Waals surface area contributed by atoms with Gasteiger partial charge in [0.05, 0.1) is 17.1 Å². The number of fused-ring (bicyclic) bond motifs is 1. The molecule has 7 heteroatoms. The lowest BCUT2D eigenvalue weighted by Crippen LogP contribution is -2.38. The van der Waals surface area contributed by atoms with E-state index in [9.17, 15) is 13.2 Å². The number of carbonyl (C=O) groups is 1. The van der Waals surface area contributed by atoms with E-state index in [0.717, 1.165) is 18.5 Å². The summed E-state index contributed by atoms with van der Waals surface area (Å²) in [7, 11) is -3.73. The molecular weight excluding hydrogens is 352 g/mol. The molecule has 2 N–H and O–H groups in total. The zero-order valence-corrected chi connectivity index (χ0v) is 15.4. The summed E-state index contributed by atoms with van der Waals surface area (Å²) >= 11 is 0. The number of ether oxygens (including phenoxy) is 1. The van der Waals surface area contributed by atoms with Crippen molar-refractivity contribution in [3.05, 3.63) is 65.2 Å². The van der Waals surface area contributed by atoms with Crippen molar-refractivity contribution in [1.29, 1.82) is 0 Å². The predicted octanol–water partition coefficient (Wildman–Crippen LogP) is 2.03. The molecule has 0 amide bonds. The molecule has 2 aromatic rings. The van der Waals surface area contributed by atoms with Crippen molar-refractivity contribution in [1.82, 2.24) is 10.0 Å². The molecule has 0 fully saturated rings. The predicted molar refractivity (Wildman–Crippen MR) is 98.5 cm³/mol. The van der Waals surface area contributed by atoms with Gasteiger partial charge in [0.2, 0.25) is 10.0 Å². The van der Waals surface area contributed by atoms with Gasteiger partial charge in [-0.2, -0.15) is 0 Å². The third kappa shape index (κ3) is 4.12. The van der Waals surface area contributed by atoms with Gasteiger partial charge in [-0.15, -0.1) is 0 Å². The van der Waals surface area contributed by atoms with Crippen LogP contribution in [0.15, 0.2) is 53.4 Å². The van der Waals surface area contributed by atoms with Gasteiger partial charge in [0, 0.05) is 12.6 Å². The average molecular weight is 374 g/mol. The lowest BCUT2D eigenvalue weighted by Gasteiger charge is -2.27. The Morgan fingerprint density at radius 2 is 2.04 bits per heavy atom. The van der Waals surface area contributed by atoms with Crippen molar-refractivity contribution in [2.75, 3.05) is 19.7 Å². The number of nitrogens with one attached hydrogen (secondary N) is 2. The van der Waals surface area contributed by atoms with Crippen LogP contribution >= 0.6 is 0 Å². The van der Waals surface area contributed by atoms with Crippen molar-refractivity contribution in [2.45, 2.75) is 24.3 Å². The van der Waals surface area contributed by atoms with Gasteiger partial charge in [-0.1, -0.05) is 30.3 Å². The Morgan fingerprint density at radius 3 is 2.85 bits per heavy atom. The highest BCUT2D eigenvalue weighted by atomic mass is 32.2. The minimum Gasteiger partial charge on any atom is -0.462 e. The van der Waals surface area contributed by atoms with Gasteiger partial charge in [-0.25, -0.2) is 17.9 Å². The average Bonchev–Trinajstić information content (AvgIpc) is 2.66. The van der Waals surface area contributed by atoms with Gasteiger partial charge in [0.1, 0.15) is 0 Å². The maximum Gasteiger partial charge on any atom is 0.338 e. The van der Waals surface area contributed by atoms with Gasteiger partial charge < -0.3 is 10.1 Å². The van der Waals surface area contributed by atoms with Crippen molar-refractivity contribution in [2.24, 2.45) is 0 Å². The molecule has 6 nitrogen and oxygen atoms in total. The molecule has 1 atom stereocenters. The molecule has 0 saturated carbocycles. The van der Waals surface area contributed by atoms with Crippen molar-refractivity contribution < 1.29 is 17.9 Å². The first kappa shape index (κ1) is 18.6. The second-order valence-corrected chi connectivity index (χ2v) is 7.82. The van der Waals surface area contributed by atoms with E-state index in [2.05, 4.69) is 16.1 Å². The molecule has 26 heavy (non-hydrogen) atoms. The summed E-state index contributed by atoms with van der Waals surface area (Å²) in [5.41, 5.74) is 2.57. The van der Waals surface area contributed by atoms with E-state index in [1.54, 1.807) is 6.92 Å². The molecule has 138 valence electrons. The van der Waals surface area contributed by atoms with E-state index >= 15 is 0 Å². The summed E-state index contributed by atoms with van der Waals surface area (Å²) in [6.45, 7) is 2.99. The molecule has 2 aromatic carbocycles. The van der Waals surface area contributed by atoms with E-state index in [1.807, 2.05) is 18.2 Å². The maximum absolute atomic E-state index is 12.6. The molecular formula is C19H22N2O4S. The molecule has 1 aliphatic heterocycles.